The number of allylic oxidation sites excluding steroid dienone is 1. The fourth-order valence-electron chi connectivity index (χ4n) is 3.19. The summed E-state index contributed by atoms with van der Waals surface area (Å²) in [5.41, 5.74) is 6.63. The van der Waals surface area contributed by atoms with Gasteiger partial charge in [-0.15, -0.1) is 6.58 Å². The number of rotatable bonds is 9. The number of anilines is 1. The molecule has 2 N–H and O–H groups in total. The van der Waals surface area contributed by atoms with Gasteiger partial charge < -0.3 is 14.8 Å². The summed E-state index contributed by atoms with van der Waals surface area (Å²) < 4.78 is 12.6. The van der Waals surface area contributed by atoms with Crippen LogP contribution in [0.4, 0.5) is 10.5 Å². The summed E-state index contributed by atoms with van der Waals surface area (Å²) in [6, 6.07) is 16.3. The maximum Gasteiger partial charge on any atom is 0.339 e. The van der Waals surface area contributed by atoms with E-state index >= 15 is 0 Å². The molecule has 34 heavy (non-hydrogen) atoms. The lowest BCUT2D eigenvalue weighted by molar-refractivity contribution is 0.252. The standard InChI is InChI=1S/C26H25BrClN3O3/c1-4-7-19-13-18(15-29-31-26(32)30-21-10-11-22(27)17(2)12-21)14-24(33-3)25(19)34-16-20-8-5-6-9-23(20)28/h4-6,8-15H,1,7,16H2,2-3H3,(H2,30,31,32)/b29-15+. The molecule has 0 heterocycles. The summed E-state index contributed by atoms with van der Waals surface area (Å²) in [6.07, 6.45) is 3.88. The summed E-state index contributed by atoms with van der Waals surface area (Å²) in [7, 11) is 1.57. The maximum absolute atomic E-state index is 12.2. The number of amides is 2. The van der Waals surface area contributed by atoms with Gasteiger partial charge in [-0.25, -0.2) is 10.2 Å². The molecule has 0 saturated heterocycles. The summed E-state index contributed by atoms with van der Waals surface area (Å²) in [6.45, 7) is 6.07. The molecule has 6 nitrogen and oxygen atoms in total. The number of hydrogen-bond acceptors (Lipinski definition) is 4. The molecule has 3 aromatic rings. The minimum Gasteiger partial charge on any atom is -0.493 e. The summed E-state index contributed by atoms with van der Waals surface area (Å²) in [5, 5.41) is 7.43. The third kappa shape index (κ3) is 6.85. The number of aryl methyl sites for hydroxylation is 1. The Morgan fingerprint density at radius 1 is 1.18 bits per heavy atom. The molecule has 3 rings (SSSR count). The summed E-state index contributed by atoms with van der Waals surface area (Å²) in [5.74, 6) is 1.15. The Kier molecular flexibility index (Phi) is 9.13. The lowest BCUT2D eigenvalue weighted by Gasteiger charge is -2.16. The predicted octanol–water partition coefficient (Wildman–Crippen LogP) is 6.88. The van der Waals surface area contributed by atoms with Gasteiger partial charge in [0, 0.05) is 26.3 Å². The molecule has 0 aromatic heterocycles. The SMILES string of the molecule is C=CCc1cc(/C=N/NC(=O)Nc2ccc(Br)c(C)c2)cc(OC)c1OCc1ccccc1Cl. The average Bonchev–Trinajstić information content (AvgIpc) is 2.81. The highest BCUT2D eigenvalue weighted by Crippen LogP contribution is 2.34. The monoisotopic (exact) mass is 541 g/mol. The van der Waals surface area contributed by atoms with Crippen LogP contribution in [0.25, 0.3) is 0 Å². The van der Waals surface area contributed by atoms with Crippen LogP contribution in [-0.2, 0) is 13.0 Å². The van der Waals surface area contributed by atoms with E-state index in [2.05, 4.69) is 38.4 Å². The first kappa shape index (κ1) is 25.3. The molecule has 176 valence electrons. The van der Waals surface area contributed by atoms with Crippen molar-refractivity contribution in [1.29, 1.82) is 0 Å². The van der Waals surface area contributed by atoms with Crippen molar-refractivity contribution in [2.45, 2.75) is 20.0 Å². The van der Waals surface area contributed by atoms with E-state index in [1.54, 1.807) is 31.5 Å². The van der Waals surface area contributed by atoms with Gasteiger partial charge in [-0.3, -0.25) is 0 Å². The highest BCUT2D eigenvalue weighted by Gasteiger charge is 2.13. The molecular weight excluding hydrogens is 518 g/mol. The van der Waals surface area contributed by atoms with E-state index in [1.807, 2.05) is 49.4 Å². The Labute approximate surface area is 212 Å². The van der Waals surface area contributed by atoms with Crippen LogP contribution in [0.15, 0.2) is 76.8 Å². The average molecular weight is 543 g/mol. The molecule has 2 amide bonds. The Hall–Kier alpha value is -3.29. The van der Waals surface area contributed by atoms with Crippen molar-refractivity contribution in [1.82, 2.24) is 5.43 Å². The molecular formula is C26H25BrClN3O3. The number of ether oxygens (including phenoxy) is 2. The highest BCUT2D eigenvalue weighted by molar-refractivity contribution is 9.10. The van der Waals surface area contributed by atoms with Gasteiger partial charge in [0.15, 0.2) is 11.5 Å². The molecule has 0 aliphatic rings. The third-order valence-electron chi connectivity index (χ3n) is 4.86. The van der Waals surface area contributed by atoms with Gasteiger partial charge >= 0.3 is 6.03 Å². The smallest absolute Gasteiger partial charge is 0.339 e. The van der Waals surface area contributed by atoms with E-state index < -0.39 is 6.03 Å². The number of hydrogen-bond donors (Lipinski definition) is 2. The molecule has 0 aliphatic carbocycles. The third-order valence-corrected chi connectivity index (χ3v) is 6.12. The van der Waals surface area contributed by atoms with E-state index in [0.717, 1.165) is 26.7 Å². The second kappa shape index (κ2) is 12.3. The van der Waals surface area contributed by atoms with Gasteiger partial charge in [0.1, 0.15) is 6.61 Å². The first-order valence-electron chi connectivity index (χ1n) is 10.5. The van der Waals surface area contributed by atoms with E-state index in [4.69, 9.17) is 21.1 Å². The first-order valence-corrected chi connectivity index (χ1v) is 11.6. The van der Waals surface area contributed by atoms with E-state index in [1.165, 1.54) is 0 Å². The van der Waals surface area contributed by atoms with Gasteiger partial charge in [-0.1, -0.05) is 51.8 Å². The fourth-order valence-corrected chi connectivity index (χ4v) is 3.63. The lowest BCUT2D eigenvalue weighted by Crippen LogP contribution is -2.24. The molecule has 3 aromatic carbocycles. The number of nitrogens with zero attached hydrogens (tertiary/aromatic N) is 1. The Bertz CT molecular complexity index is 1210. The quantitative estimate of drug-likeness (QED) is 0.176. The number of methoxy groups -OCH3 is 1. The van der Waals surface area contributed by atoms with Crippen molar-refractivity contribution >= 4 is 45.5 Å². The normalized spacial score (nSPS) is 10.7. The van der Waals surface area contributed by atoms with Crippen molar-refractivity contribution in [3.63, 3.8) is 0 Å². The second-order valence-electron chi connectivity index (χ2n) is 7.37. The van der Waals surface area contributed by atoms with Gasteiger partial charge in [0.05, 0.1) is 13.3 Å². The summed E-state index contributed by atoms with van der Waals surface area (Å²) >= 11 is 9.69. The van der Waals surface area contributed by atoms with Crippen LogP contribution in [-0.4, -0.2) is 19.4 Å². The number of hydrazone groups is 1. The van der Waals surface area contributed by atoms with Crippen LogP contribution in [0.5, 0.6) is 11.5 Å². The molecule has 0 spiro atoms. The van der Waals surface area contributed by atoms with Crippen LogP contribution in [0.2, 0.25) is 5.02 Å². The number of nitrogens with one attached hydrogen (secondary N) is 2. The van der Waals surface area contributed by atoms with E-state index in [0.29, 0.717) is 35.2 Å². The number of urea groups is 1. The summed E-state index contributed by atoms with van der Waals surface area (Å²) in [4.78, 5) is 12.2. The molecule has 0 saturated carbocycles. The number of carbonyl (C=O) groups is 1. The molecule has 0 unspecified atom stereocenters. The van der Waals surface area contributed by atoms with Crippen LogP contribution < -0.4 is 20.2 Å². The van der Waals surface area contributed by atoms with Crippen molar-refractivity contribution in [2.75, 3.05) is 12.4 Å². The largest absolute Gasteiger partial charge is 0.493 e. The zero-order chi connectivity index (χ0) is 24.5. The van der Waals surface area contributed by atoms with Gasteiger partial charge in [-0.05, 0) is 60.9 Å². The molecule has 0 fully saturated rings. The Morgan fingerprint density at radius 2 is 1.97 bits per heavy atom. The number of benzene rings is 3. The number of carbonyl (C=O) groups excluding carboxylic acids is 1. The molecule has 0 aliphatic heterocycles. The Morgan fingerprint density at radius 3 is 2.68 bits per heavy atom. The van der Waals surface area contributed by atoms with Crippen LogP contribution >= 0.6 is 27.5 Å². The van der Waals surface area contributed by atoms with Crippen LogP contribution in [0, 0.1) is 6.92 Å². The molecule has 0 radical (unpaired) electrons. The van der Waals surface area contributed by atoms with E-state index in [-0.39, 0.29) is 0 Å². The van der Waals surface area contributed by atoms with Gasteiger partial charge in [0.2, 0.25) is 0 Å². The zero-order valence-corrected chi connectivity index (χ0v) is 21.2. The van der Waals surface area contributed by atoms with Crippen LogP contribution in [0.3, 0.4) is 0 Å². The van der Waals surface area contributed by atoms with Gasteiger partial charge in [-0.2, -0.15) is 5.10 Å². The van der Waals surface area contributed by atoms with Crippen molar-refractivity contribution in [3.05, 3.63) is 99.0 Å². The van der Waals surface area contributed by atoms with Crippen molar-refractivity contribution in [3.8, 4) is 11.5 Å². The maximum atomic E-state index is 12.2. The van der Waals surface area contributed by atoms with Crippen molar-refractivity contribution < 1.29 is 14.3 Å². The molecule has 0 bridgehead atoms. The van der Waals surface area contributed by atoms with E-state index in [9.17, 15) is 4.79 Å². The molecule has 8 heteroatoms. The first-order chi connectivity index (χ1) is 16.4. The van der Waals surface area contributed by atoms with Crippen molar-refractivity contribution in [2.24, 2.45) is 5.10 Å². The predicted molar refractivity (Wildman–Crippen MR) is 141 cm³/mol. The van der Waals surface area contributed by atoms with Crippen LogP contribution in [0.1, 0.15) is 22.3 Å². The zero-order valence-electron chi connectivity index (χ0n) is 18.9. The minimum absolute atomic E-state index is 0.296. The topological polar surface area (TPSA) is 72.0 Å². The minimum atomic E-state index is -0.448. The second-order valence-corrected chi connectivity index (χ2v) is 8.63. The fraction of sp³-hybridized carbons (Fsp3) is 0.154. The molecule has 0 atom stereocenters. The lowest BCUT2D eigenvalue weighted by atomic mass is 10.1. The highest BCUT2D eigenvalue weighted by atomic mass is 79.9. The van der Waals surface area contributed by atoms with Gasteiger partial charge in [0.25, 0.3) is 0 Å². The number of halogens is 2. The Balaban J connectivity index is 1.72.